The number of amides is 1. The predicted octanol–water partition coefficient (Wildman–Crippen LogP) is 5.16. The van der Waals surface area contributed by atoms with Crippen LogP contribution in [0.2, 0.25) is 5.02 Å². The van der Waals surface area contributed by atoms with Crippen LogP contribution in [0.1, 0.15) is 30.5 Å². The molecule has 2 aromatic carbocycles. The van der Waals surface area contributed by atoms with Crippen LogP contribution in [0.3, 0.4) is 0 Å². The summed E-state index contributed by atoms with van der Waals surface area (Å²) < 4.78 is 51.5. The summed E-state index contributed by atoms with van der Waals surface area (Å²) in [6, 6.07) is 7.73. The molecule has 0 radical (unpaired) electrons. The van der Waals surface area contributed by atoms with Crippen LogP contribution in [-0.2, 0) is 11.0 Å². The fraction of sp³-hybridized carbons (Fsp3) is 0.278. The number of halogens is 5. The van der Waals surface area contributed by atoms with Crippen molar-refractivity contribution >= 4 is 23.2 Å². The Kier molecular flexibility index (Phi) is 6.26. The van der Waals surface area contributed by atoms with Crippen molar-refractivity contribution in [1.29, 1.82) is 0 Å². The predicted molar refractivity (Wildman–Crippen MR) is 92.2 cm³/mol. The molecule has 2 aromatic rings. The quantitative estimate of drug-likeness (QED) is 0.695. The van der Waals surface area contributed by atoms with Gasteiger partial charge in [-0.1, -0.05) is 30.7 Å². The molecule has 0 saturated carbocycles. The van der Waals surface area contributed by atoms with Gasteiger partial charge >= 0.3 is 6.18 Å². The van der Waals surface area contributed by atoms with Gasteiger partial charge in [0, 0.05) is 17.6 Å². The standard InChI is InChI=1S/C18H17ClF4N2O/c1-10(17(26)25-13-5-6-15(20)14(19)9-13)7-16(24)11-3-2-4-12(8-11)18(21,22)23/h2-6,8-10,16H,7,24H2,1H3,(H,25,26)/t10-,16+/m0/s1. The smallest absolute Gasteiger partial charge is 0.326 e. The van der Waals surface area contributed by atoms with Crippen LogP contribution < -0.4 is 11.1 Å². The van der Waals surface area contributed by atoms with Gasteiger partial charge in [-0.25, -0.2) is 4.39 Å². The molecule has 0 saturated heterocycles. The van der Waals surface area contributed by atoms with Gasteiger partial charge in [0.1, 0.15) is 5.82 Å². The van der Waals surface area contributed by atoms with Gasteiger partial charge < -0.3 is 11.1 Å². The summed E-state index contributed by atoms with van der Waals surface area (Å²) in [6.07, 6.45) is -4.32. The van der Waals surface area contributed by atoms with E-state index in [2.05, 4.69) is 5.32 Å². The second-order valence-corrected chi connectivity index (χ2v) is 6.39. The van der Waals surface area contributed by atoms with E-state index < -0.39 is 35.4 Å². The SMILES string of the molecule is C[C@@H](C[C@@H](N)c1cccc(C(F)(F)F)c1)C(=O)Nc1ccc(F)c(Cl)c1. The van der Waals surface area contributed by atoms with Gasteiger partial charge in [-0.15, -0.1) is 0 Å². The number of alkyl halides is 3. The van der Waals surface area contributed by atoms with E-state index in [0.29, 0.717) is 11.3 Å². The Labute approximate surface area is 153 Å². The van der Waals surface area contributed by atoms with Crippen molar-refractivity contribution in [3.05, 3.63) is 64.4 Å². The lowest BCUT2D eigenvalue weighted by molar-refractivity contribution is -0.137. The summed E-state index contributed by atoms with van der Waals surface area (Å²) in [4.78, 5) is 12.2. The van der Waals surface area contributed by atoms with Crippen molar-refractivity contribution in [3.63, 3.8) is 0 Å². The maximum absolute atomic E-state index is 13.1. The van der Waals surface area contributed by atoms with Crippen LogP contribution in [0.25, 0.3) is 0 Å². The summed E-state index contributed by atoms with van der Waals surface area (Å²) >= 11 is 5.65. The number of nitrogens with one attached hydrogen (secondary N) is 1. The number of nitrogens with two attached hydrogens (primary N) is 1. The molecule has 3 nitrogen and oxygen atoms in total. The van der Waals surface area contributed by atoms with Gasteiger partial charge in [0.15, 0.2) is 0 Å². The molecule has 2 atom stereocenters. The first-order valence-electron chi connectivity index (χ1n) is 7.76. The molecule has 0 aliphatic rings. The van der Waals surface area contributed by atoms with Gasteiger partial charge in [0.2, 0.25) is 5.91 Å². The normalized spacial score (nSPS) is 14.0. The molecule has 0 aromatic heterocycles. The first-order valence-corrected chi connectivity index (χ1v) is 8.14. The monoisotopic (exact) mass is 388 g/mol. The second-order valence-electron chi connectivity index (χ2n) is 5.98. The minimum Gasteiger partial charge on any atom is -0.326 e. The molecule has 0 aliphatic heterocycles. The topological polar surface area (TPSA) is 55.1 Å². The molecule has 1 amide bonds. The van der Waals surface area contributed by atoms with E-state index in [0.717, 1.165) is 18.2 Å². The van der Waals surface area contributed by atoms with E-state index in [1.807, 2.05) is 0 Å². The summed E-state index contributed by atoms with van der Waals surface area (Å²) in [7, 11) is 0. The number of hydrogen-bond acceptors (Lipinski definition) is 2. The Morgan fingerprint density at radius 2 is 1.92 bits per heavy atom. The number of rotatable bonds is 5. The maximum Gasteiger partial charge on any atom is 0.416 e. The highest BCUT2D eigenvalue weighted by Gasteiger charge is 2.31. The average molecular weight is 389 g/mol. The highest BCUT2D eigenvalue weighted by molar-refractivity contribution is 6.31. The molecule has 140 valence electrons. The van der Waals surface area contributed by atoms with E-state index in [1.54, 1.807) is 6.92 Å². The summed E-state index contributed by atoms with van der Waals surface area (Å²) in [6.45, 7) is 1.61. The molecule has 0 aliphatic carbocycles. The molecule has 0 heterocycles. The summed E-state index contributed by atoms with van der Waals surface area (Å²) in [5.74, 6) is -1.58. The third-order valence-corrected chi connectivity index (χ3v) is 4.17. The van der Waals surface area contributed by atoms with Crippen molar-refractivity contribution in [2.45, 2.75) is 25.6 Å². The highest BCUT2D eigenvalue weighted by atomic mass is 35.5. The molecule has 26 heavy (non-hydrogen) atoms. The minimum atomic E-state index is -4.46. The zero-order valence-corrected chi connectivity index (χ0v) is 14.5. The molecule has 3 N–H and O–H groups in total. The Hall–Kier alpha value is -2.12. The lowest BCUT2D eigenvalue weighted by atomic mass is 9.95. The minimum absolute atomic E-state index is 0.129. The molecule has 2 rings (SSSR count). The van der Waals surface area contributed by atoms with Crippen LogP contribution in [0.15, 0.2) is 42.5 Å². The lowest BCUT2D eigenvalue weighted by Crippen LogP contribution is -2.25. The lowest BCUT2D eigenvalue weighted by Gasteiger charge is -2.18. The van der Waals surface area contributed by atoms with E-state index >= 15 is 0 Å². The maximum atomic E-state index is 13.1. The van der Waals surface area contributed by atoms with Gasteiger partial charge in [-0.05, 0) is 42.3 Å². The van der Waals surface area contributed by atoms with E-state index in [-0.39, 0.29) is 11.4 Å². The number of carbonyl (C=O) groups is 1. The van der Waals surface area contributed by atoms with Crippen LogP contribution in [0.4, 0.5) is 23.2 Å². The number of carbonyl (C=O) groups excluding carboxylic acids is 1. The van der Waals surface area contributed by atoms with Crippen LogP contribution in [0.5, 0.6) is 0 Å². The van der Waals surface area contributed by atoms with Crippen LogP contribution >= 0.6 is 11.6 Å². The molecule has 0 spiro atoms. The van der Waals surface area contributed by atoms with Crippen molar-refractivity contribution in [2.75, 3.05) is 5.32 Å². The Morgan fingerprint density at radius 3 is 2.54 bits per heavy atom. The van der Waals surface area contributed by atoms with Gasteiger partial charge in [0.05, 0.1) is 10.6 Å². The third kappa shape index (κ3) is 5.19. The van der Waals surface area contributed by atoms with E-state index in [9.17, 15) is 22.4 Å². The second kappa shape index (κ2) is 8.05. The van der Waals surface area contributed by atoms with Gasteiger partial charge in [0.25, 0.3) is 0 Å². The molecule has 0 bridgehead atoms. The molecule has 8 heteroatoms. The first kappa shape index (κ1) is 20.2. The number of anilines is 1. The van der Waals surface area contributed by atoms with Crippen molar-refractivity contribution < 1.29 is 22.4 Å². The average Bonchev–Trinajstić information content (AvgIpc) is 2.57. The fourth-order valence-corrected chi connectivity index (χ4v) is 2.59. The first-order chi connectivity index (χ1) is 12.1. The molecule has 0 fully saturated rings. The van der Waals surface area contributed by atoms with Crippen LogP contribution in [0, 0.1) is 11.7 Å². The molecule has 0 unspecified atom stereocenters. The van der Waals surface area contributed by atoms with Gasteiger partial charge in [-0.3, -0.25) is 4.79 Å². The highest BCUT2D eigenvalue weighted by Crippen LogP contribution is 2.31. The van der Waals surface area contributed by atoms with E-state index in [4.69, 9.17) is 17.3 Å². The number of hydrogen-bond donors (Lipinski definition) is 2. The van der Waals surface area contributed by atoms with Crippen LogP contribution in [-0.4, -0.2) is 5.91 Å². The molecular formula is C18H17ClF4N2O. The number of benzene rings is 2. The van der Waals surface area contributed by atoms with Crippen molar-refractivity contribution in [2.24, 2.45) is 11.7 Å². The Morgan fingerprint density at radius 1 is 1.23 bits per heavy atom. The largest absolute Gasteiger partial charge is 0.416 e. The fourth-order valence-electron chi connectivity index (χ4n) is 2.41. The van der Waals surface area contributed by atoms with Gasteiger partial charge in [-0.2, -0.15) is 13.2 Å². The Balaban J connectivity index is 2.03. The molecular weight excluding hydrogens is 372 g/mol. The zero-order chi connectivity index (χ0) is 19.5. The zero-order valence-electron chi connectivity index (χ0n) is 13.8. The Bertz CT molecular complexity index is 795. The summed E-state index contributed by atoms with van der Waals surface area (Å²) in [5.41, 5.74) is 5.79. The third-order valence-electron chi connectivity index (χ3n) is 3.88. The van der Waals surface area contributed by atoms with Crippen molar-refractivity contribution in [1.82, 2.24) is 0 Å². The summed E-state index contributed by atoms with van der Waals surface area (Å²) in [5, 5.41) is 2.45. The van der Waals surface area contributed by atoms with E-state index in [1.165, 1.54) is 24.3 Å². The van der Waals surface area contributed by atoms with Crippen molar-refractivity contribution in [3.8, 4) is 0 Å².